The van der Waals surface area contributed by atoms with Crippen LogP contribution in [0.5, 0.6) is 0 Å². The average molecular weight is 359 g/mol. The van der Waals surface area contributed by atoms with E-state index in [-0.39, 0.29) is 5.56 Å². The average Bonchev–Trinajstić information content (AvgIpc) is 2.67. The molecule has 140 valence electrons. The van der Waals surface area contributed by atoms with Gasteiger partial charge in [0.2, 0.25) is 0 Å². The summed E-state index contributed by atoms with van der Waals surface area (Å²) in [5.74, 6) is 1.18. The Kier molecular flexibility index (Phi) is 6.32. The maximum atomic E-state index is 11.7. The lowest BCUT2D eigenvalue weighted by atomic mass is 10.2. The number of nitrogens with one attached hydrogen (secondary N) is 2. The molecule has 1 saturated heterocycles. The van der Waals surface area contributed by atoms with Crippen LogP contribution >= 0.6 is 0 Å². The first-order valence-electron chi connectivity index (χ1n) is 8.92. The number of rotatable bonds is 7. The zero-order chi connectivity index (χ0) is 18.4. The number of pyridine rings is 1. The number of nitrogens with zero attached hydrogens (tertiary/aromatic N) is 3. The van der Waals surface area contributed by atoms with Crippen LogP contribution in [0.3, 0.4) is 0 Å². The van der Waals surface area contributed by atoms with E-state index in [1.807, 2.05) is 19.1 Å². The van der Waals surface area contributed by atoms with Gasteiger partial charge in [-0.1, -0.05) is 6.92 Å². The summed E-state index contributed by atoms with van der Waals surface area (Å²) in [6.45, 7) is 6.14. The molecule has 8 heteroatoms. The summed E-state index contributed by atoms with van der Waals surface area (Å²) in [5.41, 5.74) is 1.33. The number of aromatic nitrogens is 3. The molecular weight excluding hydrogens is 334 g/mol. The Bertz CT molecular complexity index is 756. The molecule has 0 aliphatic carbocycles. The maximum Gasteiger partial charge on any atom is 0.251 e. The van der Waals surface area contributed by atoms with Gasteiger partial charge in [0.05, 0.1) is 19.3 Å². The predicted molar refractivity (Wildman–Crippen MR) is 99.2 cm³/mol. The largest absolute Gasteiger partial charge is 0.390 e. The first kappa shape index (κ1) is 18.5. The van der Waals surface area contributed by atoms with E-state index in [0.717, 1.165) is 37.6 Å². The van der Waals surface area contributed by atoms with E-state index < -0.39 is 6.10 Å². The summed E-state index contributed by atoms with van der Waals surface area (Å²) >= 11 is 0. The second-order valence-corrected chi connectivity index (χ2v) is 6.32. The molecule has 3 N–H and O–H groups in total. The summed E-state index contributed by atoms with van der Waals surface area (Å²) in [7, 11) is 0. The van der Waals surface area contributed by atoms with E-state index in [9.17, 15) is 9.90 Å². The highest BCUT2D eigenvalue weighted by Gasteiger charge is 2.14. The van der Waals surface area contributed by atoms with Gasteiger partial charge in [-0.15, -0.1) is 0 Å². The molecule has 26 heavy (non-hydrogen) atoms. The van der Waals surface area contributed by atoms with Gasteiger partial charge < -0.3 is 20.1 Å². The molecule has 0 amide bonds. The number of aryl methyl sites for hydroxylation is 1. The molecular formula is C18H25N5O3. The predicted octanol–water partition coefficient (Wildman–Crippen LogP) is 0.499. The molecule has 0 bridgehead atoms. The summed E-state index contributed by atoms with van der Waals surface area (Å²) < 4.78 is 5.30. The number of anilines is 1. The Morgan fingerprint density at radius 2 is 2.19 bits per heavy atom. The highest BCUT2D eigenvalue weighted by molar-refractivity contribution is 5.55. The van der Waals surface area contributed by atoms with Crippen molar-refractivity contribution in [3.8, 4) is 11.4 Å². The molecule has 1 aliphatic rings. The molecule has 3 heterocycles. The lowest BCUT2D eigenvalue weighted by Crippen LogP contribution is -2.42. The molecule has 0 spiro atoms. The van der Waals surface area contributed by atoms with Crippen LogP contribution < -0.4 is 10.9 Å². The molecule has 8 nitrogen and oxygen atoms in total. The van der Waals surface area contributed by atoms with Gasteiger partial charge in [0, 0.05) is 49.7 Å². The van der Waals surface area contributed by atoms with Crippen LogP contribution in [0.4, 0.5) is 5.82 Å². The van der Waals surface area contributed by atoms with E-state index in [0.29, 0.717) is 31.2 Å². The Hall–Kier alpha value is -2.29. The number of aliphatic hydroxyl groups excluding tert-OH is 1. The van der Waals surface area contributed by atoms with E-state index in [1.54, 1.807) is 6.20 Å². The van der Waals surface area contributed by atoms with Crippen LogP contribution in [0.1, 0.15) is 12.6 Å². The highest BCUT2D eigenvalue weighted by Crippen LogP contribution is 2.15. The summed E-state index contributed by atoms with van der Waals surface area (Å²) in [5, 5.41) is 13.3. The number of ether oxygens (including phenoxy) is 1. The van der Waals surface area contributed by atoms with Crippen molar-refractivity contribution in [2.75, 3.05) is 44.7 Å². The van der Waals surface area contributed by atoms with E-state index in [1.165, 1.54) is 6.07 Å². The van der Waals surface area contributed by atoms with Crippen molar-refractivity contribution >= 4 is 5.82 Å². The van der Waals surface area contributed by atoms with Crippen LogP contribution in [-0.2, 0) is 11.2 Å². The smallest absolute Gasteiger partial charge is 0.251 e. The van der Waals surface area contributed by atoms with Crippen LogP contribution in [-0.4, -0.2) is 70.5 Å². The van der Waals surface area contributed by atoms with Gasteiger partial charge in [0.15, 0.2) is 0 Å². The molecule has 1 aliphatic heterocycles. The molecule has 1 unspecified atom stereocenters. The van der Waals surface area contributed by atoms with Crippen molar-refractivity contribution in [2.45, 2.75) is 19.4 Å². The molecule has 1 atom stereocenters. The van der Waals surface area contributed by atoms with E-state index in [4.69, 9.17) is 4.74 Å². The first-order valence-corrected chi connectivity index (χ1v) is 8.92. The van der Waals surface area contributed by atoms with Crippen molar-refractivity contribution in [3.63, 3.8) is 0 Å². The molecule has 2 aromatic rings. The fourth-order valence-electron chi connectivity index (χ4n) is 2.83. The number of β-amino-alcohol motifs (C(OH)–C–C–N with tert-alkyl or cyclic N) is 1. The lowest BCUT2D eigenvalue weighted by Gasteiger charge is -2.28. The number of H-pyrrole nitrogens is 1. The zero-order valence-corrected chi connectivity index (χ0v) is 14.9. The number of hydrogen-bond donors (Lipinski definition) is 3. The third-order valence-corrected chi connectivity index (χ3v) is 4.29. The Morgan fingerprint density at radius 3 is 2.88 bits per heavy atom. The third kappa shape index (κ3) is 5.10. The molecule has 3 rings (SSSR count). The zero-order valence-electron chi connectivity index (χ0n) is 14.9. The van der Waals surface area contributed by atoms with Crippen molar-refractivity contribution in [2.24, 2.45) is 0 Å². The lowest BCUT2D eigenvalue weighted by molar-refractivity contribution is 0.0171. The van der Waals surface area contributed by atoms with Crippen LogP contribution in [0.2, 0.25) is 0 Å². The van der Waals surface area contributed by atoms with Gasteiger partial charge in [-0.3, -0.25) is 9.69 Å². The minimum atomic E-state index is -0.478. The van der Waals surface area contributed by atoms with E-state index >= 15 is 0 Å². The van der Waals surface area contributed by atoms with Gasteiger partial charge in [0.1, 0.15) is 11.6 Å². The van der Waals surface area contributed by atoms with Crippen LogP contribution in [0.25, 0.3) is 11.4 Å². The molecule has 0 aromatic carbocycles. The third-order valence-electron chi connectivity index (χ3n) is 4.29. The van der Waals surface area contributed by atoms with Crippen molar-refractivity contribution < 1.29 is 9.84 Å². The fraction of sp³-hybridized carbons (Fsp3) is 0.500. The maximum absolute atomic E-state index is 11.7. The Morgan fingerprint density at radius 1 is 1.38 bits per heavy atom. The minimum absolute atomic E-state index is 0.166. The summed E-state index contributed by atoms with van der Waals surface area (Å²) in [4.78, 5) is 25.4. The second kappa shape index (κ2) is 8.88. The van der Waals surface area contributed by atoms with Crippen LogP contribution in [0, 0.1) is 0 Å². The van der Waals surface area contributed by atoms with E-state index in [2.05, 4.69) is 25.2 Å². The summed E-state index contributed by atoms with van der Waals surface area (Å²) in [6, 6.07) is 5.17. The normalized spacial score (nSPS) is 16.4. The minimum Gasteiger partial charge on any atom is -0.390 e. The second-order valence-electron chi connectivity index (χ2n) is 6.32. The van der Waals surface area contributed by atoms with Gasteiger partial charge in [-0.2, -0.15) is 0 Å². The number of hydrogen-bond acceptors (Lipinski definition) is 7. The molecule has 1 fully saturated rings. The highest BCUT2D eigenvalue weighted by atomic mass is 16.5. The number of morpholine rings is 1. The molecule has 0 radical (unpaired) electrons. The van der Waals surface area contributed by atoms with Gasteiger partial charge in [-0.25, -0.2) is 9.97 Å². The summed E-state index contributed by atoms with van der Waals surface area (Å²) in [6.07, 6.45) is 1.88. The van der Waals surface area contributed by atoms with Crippen LogP contribution in [0.15, 0.2) is 29.2 Å². The Labute approximate surface area is 152 Å². The topological polar surface area (TPSA) is 103 Å². The standard InChI is InChI=1S/C18H25N5O3/c1-2-14-9-17(25)22-18(21-14)13-3-4-16(19-10-13)20-11-15(24)12-23-5-7-26-8-6-23/h3-4,9-10,15,24H,2,5-8,11-12H2,1H3,(H,19,20)(H,21,22,25). The monoisotopic (exact) mass is 359 g/mol. The number of aliphatic hydroxyl groups is 1. The van der Waals surface area contributed by atoms with Gasteiger partial charge >= 0.3 is 0 Å². The Balaban J connectivity index is 1.56. The molecule has 0 saturated carbocycles. The fourth-order valence-corrected chi connectivity index (χ4v) is 2.83. The van der Waals surface area contributed by atoms with Crippen molar-refractivity contribution in [1.82, 2.24) is 19.9 Å². The van der Waals surface area contributed by atoms with Crippen molar-refractivity contribution in [1.29, 1.82) is 0 Å². The number of aromatic amines is 1. The first-order chi connectivity index (χ1) is 12.6. The van der Waals surface area contributed by atoms with Crippen molar-refractivity contribution in [3.05, 3.63) is 40.4 Å². The van der Waals surface area contributed by atoms with Gasteiger partial charge in [-0.05, 0) is 18.6 Å². The van der Waals surface area contributed by atoms with Gasteiger partial charge in [0.25, 0.3) is 5.56 Å². The quantitative estimate of drug-likeness (QED) is 0.661. The SMILES string of the molecule is CCc1cc(=O)[nH]c(-c2ccc(NCC(O)CN3CCOCC3)nc2)n1. The molecule has 2 aromatic heterocycles.